The van der Waals surface area contributed by atoms with Crippen molar-refractivity contribution in [3.63, 3.8) is 0 Å². The van der Waals surface area contributed by atoms with Crippen LogP contribution in [0.15, 0.2) is 108 Å². The molecule has 0 aromatic heterocycles. The zero-order valence-corrected chi connectivity index (χ0v) is 26.5. The SMILES string of the molecule is CC(C)CCNC(=O)[C@H](Cc1ccccc1)N(Cc1ccc(F)cc1)C(=O)COc1ccc(S(=O)(=O)Nc2ccc(F)cc2)cc1. The van der Waals surface area contributed by atoms with Crippen LogP contribution in [0.3, 0.4) is 0 Å². The highest BCUT2D eigenvalue weighted by atomic mass is 32.2. The lowest BCUT2D eigenvalue weighted by atomic mass is 10.0. The molecule has 0 aliphatic carbocycles. The molecular weight excluding hydrogens is 612 g/mol. The molecule has 2 N–H and O–H groups in total. The first-order chi connectivity index (χ1) is 22.0. The minimum Gasteiger partial charge on any atom is -0.484 e. The third kappa shape index (κ3) is 10.1. The smallest absolute Gasteiger partial charge is 0.261 e. The van der Waals surface area contributed by atoms with Gasteiger partial charge in [-0.15, -0.1) is 0 Å². The summed E-state index contributed by atoms with van der Waals surface area (Å²) in [4.78, 5) is 28.7. The highest BCUT2D eigenvalue weighted by Gasteiger charge is 2.30. The Morgan fingerprint density at radius 1 is 0.804 bits per heavy atom. The van der Waals surface area contributed by atoms with Crippen LogP contribution in [-0.2, 0) is 32.6 Å². The molecule has 46 heavy (non-hydrogen) atoms. The number of carbonyl (C=O) groups is 2. The molecule has 2 amide bonds. The Bertz CT molecular complexity index is 1680. The summed E-state index contributed by atoms with van der Waals surface area (Å²) in [5.74, 6) is -1.11. The molecule has 4 aromatic carbocycles. The normalized spacial score (nSPS) is 11.9. The number of carbonyl (C=O) groups excluding carboxylic acids is 2. The van der Waals surface area contributed by atoms with Crippen molar-refractivity contribution in [2.75, 3.05) is 17.9 Å². The molecule has 1 atom stereocenters. The molecule has 242 valence electrons. The van der Waals surface area contributed by atoms with Gasteiger partial charge < -0.3 is 15.0 Å². The van der Waals surface area contributed by atoms with Gasteiger partial charge in [-0.1, -0.05) is 56.3 Å². The fraction of sp³-hybridized carbons (Fsp3) is 0.257. The first kappa shape index (κ1) is 34.1. The van der Waals surface area contributed by atoms with Gasteiger partial charge in [-0.2, -0.15) is 0 Å². The highest BCUT2D eigenvalue weighted by molar-refractivity contribution is 7.92. The molecule has 0 aliphatic heterocycles. The van der Waals surface area contributed by atoms with Crippen molar-refractivity contribution in [2.24, 2.45) is 5.92 Å². The van der Waals surface area contributed by atoms with Gasteiger partial charge in [0.25, 0.3) is 15.9 Å². The van der Waals surface area contributed by atoms with E-state index in [0.717, 1.165) is 24.1 Å². The van der Waals surface area contributed by atoms with E-state index in [9.17, 15) is 26.8 Å². The Kier molecular flexibility index (Phi) is 11.9. The summed E-state index contributed by atoms with van der Waals surface area (Å²) in [6, 6.07) is 24.5. The average molecular weight is 650 g/mol. The van der Waals surface area contributed by atoms with Gasteiger partial charge in [-0.3, -0.25) is 14.3 Å². The van der Waals surface area contributed by atoms with Crippen molar-refractivity contribution >= 4 is 27.5 Å². The number of rotatable bonds is 15. The summed E-state index contributed by atoms with van der Waals surface area (Å²) < 4.78 is 60.6. The monoisotopic (exact) mass is 649 g/mol. The van der Waals surface area contributed by atoms with E-state index < -0.39 is 40.2 Å². The molecular formula is C35H37F2N3O5S. The predicted octanol–water partition coefficient (Wildman–Crippen LogP) is 5.95. The summed E-state index contributed by atoms with van der Waals surface area (Å²) >= 11 is 0. The van der Waals surface area contributed by atoms with Crippen molar-refractivity contribution in [2.45, 2.75) is 44.2 Å². The Hall–Kier alpha value is -4.77. The van der Waals surface area contributed by atoms with Gasteiger partial charge in [-0.05, 0) is 84.1 Å². The molecule has 4 aromatic rings. The van der Waals surface area contributed by atoms with E-state index in [4.69, 9.17) is 4.74 Å². The number of anilines is 1. The van der Waals surface area contributed by atoms with Gasteiger partial charge in [-0.25, -0.2) is 17.2 Å². The molecule has 0 spiro atoms. The third-order valence-corrected chi connectivity index (χ3v) is 8.55. The number of nitrogens with zero attached hydrogens (tertiary/aromatic N) is 1. The van der Waals surface area contributed by atoms with Gasteiger partial charge >= 0.3 is 0 Å². The van der Waals surface area contributed by atoms with Crippen molar-refractivity contribution in [3.05, 3.63) is 126 Å². The Morgan fingerprint density at radius 3 is 2.02 bits per heavy atom. The second-order valence-corrected chi connectivity index (χ2v) is 12.9. The predicted molar refractivity (Wildman–Crippen MR) is 172 cm³/mol. The molecule has 8 nitrogen and oxygen atoms in total. The summed E-state index contributed by atoms with van der Waals surface area (Å²) in [7, 11) is -3.96. The van der Waals surface area contributed by atoms with E-state index in [-0.39, 0.29) is 35.2 Å². The molecule has 4 rings (SSSR count). The minimum absolute atomic E-state index is 0.0316. The van der Waals surface area contributed by atoms with Gasteiger partial charge in [0, 0.05) is 25.2 Å². The lowest BCUT2D eigenvalue weighted by molar-refractivity contribution is -0.142. The molecule has 0 fully saturated rings. The van der Waals surface area contributed by atoms with Crippen LogP contribution in [0.2, 0.25) is 0 Å². The molecule has 0 aliphatic rings. The number of ether oxygens (including phenoxy) is 1. The second-order valence-electron chi connectivity index (χ2n) is 11.2. The van der Waals surface area contributed by atoms with Crippen molar-refractivity contribution in [3.8, 4) is 5.75 Å². The number of hydrogen-bond acceptors (Lipinski definition) is 5. The number of sulfonamides is 1. The Balaban J connectivity index is 1.52. The maximum absolute atomic E-state index is 13.8. The molecule has 0 saturated heterocycles. The van der Waals surface area contributed by atoms with Crippen molar-refractivity contribution in [1.29, 1.82) is 0 Å². The second kappa shape index (κ2) is 16.0. The summed E-state index contributed by atoms with van der Waals surface area (Å²) in [5.41, 5.74) is 1.69. The topological polar surface area (TPSA) is 105 Å². The van der Waals surface area contributed by atoms with E-state index in [2.05, 4.69) is 23.9 Å². The van der Waals surface area contributed by atoms with E-state index in [1.54, 1.807) is 12.1 Å². The van der Waals surface area contributed by atoms with Crippen LogP contribution in [-0.4, -0.2) is 44.3 Å². The highest BCUT2D eigenvalue weighted by Crippen LogP contribution is 2.21. The maximum Gasteiger partial charge on any atom is 0.261 e. The zero-order valence-electron chi connectivity index (χ0n) is 25.7. The molecule has 0 radical (unpaired) electrons. The standard InChI is InChI=1S/C35H37F2N3O5S/c1-25(2)20-21-38-35(42)33(22-26-6-4-3-5-7-26)40(23-27-8-10-28(36)11-9-27)34(41)24-45-31-16-18-32(19-17-31)46(43,44)39-30-14-12-29(37)13-15-30/h3-19,25,33,39H,20-24H2,1-2H3,(H,38,42)/t33-/m0/s1. The average Bonchev–Trinajstić information content (AvgIpc) is 3.04. The molecule has 0 saturated carbocycles. The Morgan fingerprint density at radius 2 is 1.41 bits per heavy atom. The van der Waals surface area contributed by atoms with Crippen LogP contribution in [0.4, 0.5) is 14.5 Å². The van der Waals surface area contributed by atoms with Gasteiger partial charge in [0.2, 0.25) is 5.91 Å². The van der Waals surface area contributed by atoms with Crippen LogP contribution in [0.5, 0.6) is 5.75 Å². The molecule has 0 heterocycles. The van der Waals surface area contributed by atoms with Crippen molar-refractivity contribution in [1.82, 2.24) is 10.2 Å². The van der Waals surface area contributed by atoms with E-state index in [1.807, 2.05) is 30.3 Å². The number of hydrogen-bond donors (Lipinski definition) is 2. The van der Waals surface area contributed by atoms with Gasteiger partial charge in [0.15, 0.2) is 6.61 Å². The summed E-state index contributed by atoms with van der Waals surface area (Å²) in [5, 5.41) is 2.96. The lowest BCUT2D eigenvalue weighted by Gasteiger charge is -2.31. The largest absolute Gasteiger partial charge is 0.484 e. The van der Waals surface area contributed by atoms with E-state index in [1.165, 1.54) is 53.4 Å². The van der Waals surface area contributed by atoms with Gasteiger partial charge in [0.05, 0.1) is 4.90 Å². The summed E-state index contributed by atoms with van der Waals surface area (Å²) in [6.07, 6.45) is 1.01. The van der Waals surface area contributed by atoms with Crippen molar-refractivity contribution < 1.29 is 31.5 Å². The lowest BCUT2D eigenvalue weighted by Crippen LogP contribution is -2.52. The van der Waals surface area contributed by atoms with E-state index >= 15 is 0 Å². The van der Waals surface area contributed by atoms with Gasteiger partial charge in [0.1, 0.15) is 23.4 Å². The molecule has 0 bridgehead atoms. The fourth-order valence-electron chi connectivity index (χ4n) is 4.62. The quantitative estimate of drug-likeness (QED) is 0.166. The molecule has 0 unspecified atom stereocenters. The molecule has 11 heteroatoms. The van der Waals surface area contributed by atoms with Crippen LogP contribution in [0.1, 0.15) is 31.4 Å². The fourth-order valence-corrected chi connectivity index (χ4v) is 5.68. The maximum atomic E-state index is 13.8. The first-order valence-electron chi connectivity index (χ1n) is 14.9. The number of halogens is 2. The first-order valence-corrected chi connectivity index (χ1v) is 16.4. The zero-order chi connectivity index (χ0) is 33.1. The third-order valence-electron chi connectivity index (χ3n) is 7.15. The number of amides is 2. The van der Waals surface area contributed by atoms with Crippen LogP contribution >= 0.6 is 0 Å². The van der Waals surface area contributed by atoms with Crippen LogP contribution in [0.25, 0.3) is 0 Å². The summed E-state index contributed by atoms with van der Waals surface area (Å²) in [6.45, 7) is 4.15. The van der Waals surface area contributed by atoms with E-state index in [0.29, 0.717) is 18.0 Å². The van der Waals surface area contributed by atoms with Crippen LogP contribution < -0.4 is 14.8 Å². The Labute approximate surface area is 268 Å². The van der Waals surface area contributed by atoms with Crippen LogP contribution in [0, 0.1) is 17.6 Å². The number of benzene rings is 4. The minimum atomic E-state index is -3.96. The number of nitrogens with one attached hydrogen (secondary N) is 2.